The van der Waals surface area contributed by atoms with E-state index in [-0.39, 0.29) is 12.1 Å². The monoisotopic (exact) mass is 291 g/mol. The maximum Gasteiger partial charge on any atom is 0.0644 e. The summed E-state index contributed by atoms with van der Waals surface area (Å²) in [5, 5.41) is 8.90. The fourth-order valence-electron chi connectivity index (χ4n) is 2.79. The third kappa shape index (κ3) is 2.89. The highest BCUT2D eigenvalue weighted by Crippen LogP contribution is 2.27. The van der Waals surface area contributed by atoms with Gasteiger partial charge in [-0.05, 0) is 39.3 Å². The van der Waals surface area contributed by atoms with Crippen molar-refractivity contribution in [1.29, 1.82) is 0 Å². The summed E-state index contributed by atoms with van der Waals surface area (Å²) in [6.45, 7) is 8.47. The number of nitrogens with one attached hydrogen (secondary N) is 1. The molecule has 2 aromatic rings. The first-order valence-electron chi connectivity index (χ1n) is 6.92. The topological polar surface area (TPSA) is 29.9 Å². The molecule has 0 aliphatic heterocycles. The van der Waals surface area contributed by atoms with Gasteiger partial charge in [-0.3, -0.25) is 4.68 Å². The number of benzene rings is 1. The Morgan fingerprint density at radius 1 is 1.15 bits per heavy atom. The summed E-state index contributed by atoms with van der Waals surface area (Å²) in [5.41, 5.74) is 4.68. The Bertz CT molecular complexity index is 604. The third-order valence-corrected chi connectivity index (χ3v) is 4.21. The molecule has 0 amide bonds. The minimum atomic E-state index is 0.192. The maximum absolute atomic E-state index is 6.26. The zero-order valence-corrected chi connectivity index (χ0v) is 13.5. The van der Waals surface area contributed by atoms with E-state index in [1.54, 1.807) is 0 Å². The highest BCUT2D eigenvalue weighted by Gasteiger charge is 2.19. The van der Waals surface area contributed by atoms with E-state index in [1.165, 1.54) is 11.3 Å². The van der Waals surface area contributed by atoms with Crippen LogP contribution in [0.3, 0.4) is 0 Å². The lowest BCUT2D eigenvalue weighted by Crippen LogP contribution is -2.23. The normalized spacial score (nSPS) is 14.3. The molecule has 0 spiro atoms. The van der Waals surface area contributed by atoms with Crippen LogP contribution in [0.15, 0.2) is 24.3 Å². The number of nitrogens with zero attached hydrogens (tertiary/aromatic N) is 2. The Balaban J connectivity index is 2.19. The van der Waals surface area contributed by atoms with Crippen LogP contribution < -0.4 is 5.32 Å². The van der Waals surface area contributed by atoms with Gasteiger partial charge in [0.05, 0.1) is 5.69 Å². The molecular formula is C16H22ClN3. The average Bonchev–Trinajstić information content (AvgIpc) is 2.63. The van der Waals surface area contributed by atoms with E-state index in [1.807, 2.05) is 29.9 Å². The summed E-state index contributed by atoms with van der Waals surface area (Å²) in [6, 6.07) is 8.39. The fourth-order valence-corrected chi connectivity index (χ4v) is 3.09. The molecule has 4 heteroatoms. The van der Waals surface area contributed by atoms with Gasteiger partial charge in [0, 0.05) is 35.4 Å². The molecule has 0 fully saturated rings. The van der Waals surface area contributed by atoms with Crippen LogP contribution in [-0.2, 0) is 7.05 Å². The Hall–Kier alpha value is -1.32. The third-order valence-electron chi connectivity index (χ3n) is 3.87. The molecule has 1 heterocycles. The molecule has 2 atom stereocenters. The van der Waals surface area contributed by atoms with Gasteiger partial charge in [-0.2, -0.15) is 5.10 Å². The van der Waals surface area contributed by atoms with Crippen LogP contribution in [0.25, 0.3) is 0 Å². The van der Waals surface area contributed by atoms with Crippen molar-refractivity contribution in [2.45, 2.75) is 39.8 Å². The van der Waals surface area contributed by atoms with Gasteiger partial charge in [0.15, 0.2) is 0 Å². The van der Waals surface area contributed by atoms with Crippen LogP contribution in [0.1, 0.15) is 48.4 Å². The van der Waals surface area contributed by atoms with Crippen LogP contribution >= 0.6 is 11.6 Å². The van der Waals surface area contributed by atoms with Gasteiger partial charge in [0.1, 0.15) is 0 Å². The van der Waals surface area contributed by atoms with Crippen molar-refractivity contribution in [2.24, 2.45) is 7.05 Å². The Morgan fingerprint density at radius 3 is 2.35 bits per heavy atom. The molecule has 0 bridgehead atoms. The molecule has 0 saturated carbocycles. The second kappa shape index (κ2) is 5.98. The minimum absolute atomic E-state index is 0.192. The van der Waals surface area contributed by atoms with E-state index in [9.17, 15) is 0 Å². The fraction of sp³-hybridized carbons (Fsp3) is 0.438. The summed E-state index contributed by atoms with van der Waals surface area (Å²) < 4.78 is 1.93. The largest absolute Gasteiger partial charge is 0.303 e. The molecule has 1 unspecified atom stereocenters. The predicted molar refractivity (Wildman–Crippen MR) is 84.1 cm³/mol. The molecule has 0 aliphatic carbocycles. The molecular weight excluding hydrogens is 270 g/mol. The summed E-state index contributed by atoms with van der Waals surface area (Å²) >= 11 is 6.26. The molecule has 3 nitrogen and oxygen atoms in total. The Labute approximate surface area is 126 Å². The molecule has 1 N–H and O–H groups in total. The van der Waals surface area contributed by atoms with Gasteiger partial charge in [0.25, 0.3) is 0 Å². The van der Waals surface area contributed by atoms with Crippen molar-refractivity contribution in [3.63, 3.8) is 0 Å². The van der Waals surface area contributed by atoms with Crippen molar-refractivity contribution in [3.8, 4) is 0 Å². The lowest BCUT2D eigenvalue weighted by atomic mass is 10.0. The average molecular weight is 292 g/mol. The molecule has 20 heavy (non-hydrogen) atoms. The smallest absolute Gasteiger partial charge is 0.0644 e. The van der Waals surface area contributed by atoms with E-state index in [0.717, 1.165) is 16.3 Å². The minimum Gasteiger partial charge on any atom is -0.303 e. The molecule has 0 aliphatic rings. The number of aryl methyl sites for hydroxylation is 2. The van der Waals surface area contributed by atoms with Crippen molar-refractivity contribution in [3.05, 3.63) is 51.8 Å². The molecule has 2 rings (SSSR count). The Morgan fingerprint density at radius 2 is 1.80 bits per heavy atom. The summed E-state index contributed by atoms with van der Waals surface area (Å²) in [4.78, 5) is 0. The number of aromatic nitrogens is 2. The van der Waals surface area contributed by atoms with Gasteiger partial charge in [-0.1, -0.05) is 29.8 Å². The van der Waals surface area contributed by atoms with E-state index in [4.69, 9.17) is 11.6 Å². The summed E-state index contributed by atoms with van der Waals surface area (Å²) in [5.74, 6) is 0. The predicted octanol–water partition coefficient (Wildman–Crippen LogP) is 4.10. The van der Waals surface area contributed by atoms with Crippen molar-refractivity contribution >= 4 is 11.6 Å². The second-order valence-electron chi connectivity index (χ2n) is 5.34. The van der Waals surface area contributed by atoms with Crippen LogP contribution in [-0.4, -0.2) is 9.78 Å². The highest BCUT2D eigenvalue weighted by atomic mass is 35.5. The highest BCUT2D eigenvalue weighted by molar-refractivity contribution is 6.31. The van der Waals surface area contributed by atoms with Crippen LogP contribution in [0.5, 0.6) is 0 Å². The van der Waals surface area contributed by atoms with Gasteiger partial charge in [-0.25, -0.2) is 0 Å². The molecule has 1 aromatic heterocycles. The van der Waals surface area contributed by atoms with Gasteiger partial charge < -0.3 is 5.32 Å². The Kier molecular flexibility index (Phi) is 4.51. The van der Waals surface area contributed by atoms with Gasteiger partial charge >= 0.3 is 0 Å². The first-order chi connectivity index (χ1) is 9.41. The van der Waals surface area contributed by atoms with E-state index in [0.29, 0.717) is 0 Å². The van der Waals surface area contributed by atoms with Crippen LogP contribution in [0, 0.1) is 13.8 Å². The maximum atomic E-state index is 6.26. The zero-order valence-electron chi connectivity index (χ0n) is 12.7. The molecule has 108 valence electrons. The lowest BCUT2D eigenvalue weighted by Gasteiger charge is -2.22. The molecule has 0 radical (unpaired) electrons. The van der Waals surface area contributed by atoms with Gasteiger partial charge in [0.2, 0.25) is 0 Å². The number of hydrogen-bond acceptors (Lipinski definition) is 2. The standard InChI is InChI=1S/C16H22ClN3/c1-10(14-8-6-7-9-15(14)17)18-11(2)16-12(3)19-20(5)13(16)4/h6-11,18H,1-5H3/t10-,11?/m1/s1. The first kappa shape index (κ1) is 15.1. The van der Waals surface area contributed by atoms with Crippen molar-refractivity contribution in [2.75, 3.05) is 0 Å². The number of halogens is 1. The molecule has 1 aromatic carbocycles. The van der Waals surface area contributed by atoms with Crippen LogP contribution in [0.2, 0.25) is 5.02 Å². The van der Waals surface area contributed by atoms with E-state index < -0.39 is 0 Å². The van der Waals surface area contributed by atoms with Crippen LogP contribution in [0.4, 0.5) is 0 Å². The summed E-state index contributed by atoms with van der Waals surface area (Å²) in [6.07, 6.45) is 0. The quantitative estimate of drug-likeness (QED) is 0.919. The zero-order chi connectivity index (χ0) is 14.9. The number of rotatable bonds is 4. The lowest BCUT2D eigenvalue weighted by molar-refractivity contribution is 0.491. The van der Waals surface area contributed by atoms with Crippen molar-refractivity contribution < 1.29 is 0 Å². The first-order valence-corrected chi connectivity index (χ1v) is 7.30. The van der Waals surface area contributed by atoms with Gasteiger partial charge in [-0.15, -0.1) is 0 Å². The van der Waals surface area contributed by atoms with Crippen molar-refractivity contribution in [1.82, 2.24) is 15.1 Å². The van der Waals surface area contributed by atoms with E-state index in [2.05, 4.69) is 44.2 Å². The van der Waals surface area contributed by atoms with E-state index >= 15 is 0 Å². The summed E-state index contributed by atoms with van der Waals surface area (Å²) in [7, 11) is 1.98. The SMILES string of the molecule is Cc1nn(C)c(C)c1C(C)N[C@H](C)c1ccccc1Cl. The second-order valence-corrected chi connectivity index (χ2v) is 5.75. The number of hydrogen-bond donors (Lipinski definition) is 1. The molecule has 0 saturated heterocycles.